The predicted octanol–water partition coefficient (Wildman–Crippen LogP) is 3.61. The molecule has 2 aromatic heterocycles. The fourth-order valence-electron chi connectivity index (χ4n) is 2.71. The van der Waals surface area contributed by atoms with Crippen molar-refractivity contribution in [2.75, 3.05) is 13.1 Å². The summed E-state index contributed by atoms with van der Waals surface area (Å²) in [5.74, 6) is -0.147. The second-order valence-corrected chi connectivity index (χ2v) is 6.73. The van der Waals surface area contributed by atoms with E-state index in [4.69, 9.17) is 5.73 Å². The van der Waals surface area contributed by atoms with Gasteiger partial charge in [-0.2, -0.15) is 13.2 Å². The number of alkyl halides is 3. The Kier molecular flexibility index (Phi) is 5.41. The standard InChI is InChI=1S/C15H16F3N3OS.ClH/c1-8-10-2-3-11(15(16,17)18)20-13(10)23-12(8)14(22)21-6-4-9(19)5-7-21;/h2-3,9H,4-7,19H2,1H3;1H. The zero-order valence-corrected chi connectivity index (χ0v) is 14.5. The summed E-state index contributed by atoms with van der Waals surface area (Å²) in [4.78, 5) is 18.7. The van der Waals surface area contributed by atoms with Crippen LogP contribution in [0.15, 0.2) is 12.1 Å². The molecule has 3 rings (SSSR count). The highest BCUT2D eigenvalue weighted by molar-refractivity contribution is 7.20. The lowest BCUT2D eigenvalue weighted by atomic mass is 10.1. The van der Waals surface area contributed by atoms with Crippen LogP contribution in [0.25, 0.3) is 10.2 Å². The molecule has 9 heteroatoms. The second kappa shape index (κ2) is 6.85. The number of hydrogen-bond donors (Lipinski definition) is 1. The molecule has 0 aromatic carbocycles. The minimum Gasteiger partial charge on any atom is -0.338 e. The quantitative estimate of drug-likeness (QED) is 0.823. The maximum Gasteiger partial charge on any atom is 0.433 e. The number of thiophene rings is 1. The number of likely N-dealkylation sites (tertiary alicyclic amines) is 1. The van der Waals surface area contributed by atoms with E-state index in [1.54, 1.807) is 11.8 Å². The molecule has 0 aliphatic carbocycles. The number of carbonyl (C=O) groups excluding carboxylic acids is 1. The highest BCUT2D eigenvalue weighted by Gasteiger charge is 2.33. The molecular formula is C15H17ClF3N3OS. The highest BCUT2D eigenvalue weighted by atomic mass is 35.5. The third-order valence-electron chi connectivity index (χ3n) is 4.12. The fraction of sp³-hybridized carbons (Fsp3) is 0.467. The molecular weight excluding hydrogens is 363 g/mol. The van der Waals surface area contributed by atoms with E-state index in [2.05, 4.69) is 4.98 Å². The van der Waals surface area contributed by atoms with Crippen LogP contribution >= 0.6 is 23.7 Å². The molecule has 3 heterocycles. The SMILES string of the molecule is Cc1c(C(=O)N2CCC(N)CC2)sc2nc(C(F)(F)F)ccc12.Cl. The lowest BCUT2D eigenvalue weighted by Gasteiger charge is -2.30. The van der Waals surface area contributed by atoms with Crippen LogP contribution in [0.3, 0.4) is 0 Å². The Labute approximate surface area is 147 Å². The molecule has 1 aliphatic rings. The topological polar surface area (TPSA) is 59.2 Å². The number of amides is 1. The molecule has 0 atom stereocenters. The normalized spacial score (nSPS) is 16.3. The zero-order valence-electron chi connectivity index (χ0n) is 12.9. The molecule has 1 aliphatic heterocycles. The van der Waals surface area contributed by atoms with Crippen LogP contribution in [-0.4, -0.2) is 34.9 Å². The van der Waals surface area contributed by atoms with Crippen molar-refractivity contribution in [2.24, 2.45) is 5.73 Å². The Balaban J connectivity index is 0.00000208. The van der Waals surface area contributed by atoms with Gasteiger partial charge in [-0.25, -0.2) is 4.98 Å². The van der Waals surface area contributed by atoms with Gasteiger partial charge < -0.3 is 10.6 Å². The van der Waals surface area contributed by atoms with Gasteiger partial charge in [-0.05, 0) is 37.5 Å². The molecule has 2 N–H and O–H groups in total. The van der Waals surface area contributed by atoms with Crippen molar-refractivity contribution in [3.05, 3.63) is 28.3 Å². The number of aryl methyl sites for hydroxylation is 1. The number of carbonyl (C=O) groups is 1. The number of rotatable bonds is 1. The van der Waals surface area contributed by atoms with Crippen molar-refractivity contribution >= 4 is 39.9 Å². The smallest absolute Gasteiger partial charge is 0.338 e. The number of piperidine rings is 1. The molecule has 1 amide bonds. The first-order chi connectivity index (χ1) is 10.8. The lowest BCUT2D eigenvalue weighted by molar-refractivity contribution is -0.140. The minimum absolute atomic E-state index is 0. The Morgan fingerprint density at radius 2 is 1.96 bits per heavy atom. The largest absolute Gasteiger partial charge is 0.433 e. The van der Waals surface area contributed by atoms with Gasteiger partial charge >= 0.3 is 6.18 Å². The molecule has 2 aromatic rings. The Morgan fingerprint density at radius 3 is 2.54 bits per heavy atom. The first-order valence-electron chi connectivity index (χ1n) is 7.29. The van der Waals surface area contributed by atoms with Crippen LogP contribution in [0.4, 0.5) is 13.2 Å². The maximum absolute atomic E-state index is 12.8. The summed E-state index contributed by atoms with van der Waals surface area (Å²) >= 11 is 1.02. The van der Waals surface area contributed by atoms with Gasteiger partial charge in [-0.1, -0.05) is 0 Å². The van der Waals surface area contributed by atoms with Crippen molar-refractivity contribution in [1.29, 1.82) is 0 Å². The monoisotopic (exact) mass is 379 g/mol. The van der Waals surface area contributed by atoms with Crippen LogP contribution in [0.5, 0.6) is 0 Å². The van der Waals surface area contributed by atoms with E-state index in [-0.39, 0.29) is 29.2 Å². The highest BCUT2D eigenvalue weighted by Crippen LogP contribution is 2.34. The number of nitrogens with zero attached hydrogens (tertiary/aromatic N) is 2. The molecule has 1 saturated heterocycles. The Bertz CT molecular complexity index is 754. The van der Waals surface area contributed by atoms with Crippen molar-refractivity contribution in [3.63, 3.8) is 0 Å². The number of nitrogens with two attached hydrogens (primary N) is 1. The number of fused-ring (bicyclic) bond motifs is 1. The van der Waals surface area contributed by atoms with Crippen LogP contribution in [0.1, 0.15) is 33.8 Å². The number of aromatic nitrogens is 1. The summed E-state index contributed by atoms with van der Waals surface area (Å²) < 4.78 is 38.3. The van der Waals surface area contributed by atoms with E-state index in [9.17, 15) is 18.0 Å². The van der Waals surface area contributed by atoms with Crippen LogP contribution < -0.4 is 5.73 Å². The molecule has 0 saturated carbocycles. The van der Waals surface area contributed by atoms with Gasteiger partial charge in [-0.15, -0.1) is 23.7 Å². The average Bonchev–Trinajstić information content (AvgIpc) is 2.83. The molecule has 1 fully saturated rings. The van der Waals surface area contributed by atoms with Gasteiger partial charge in [0.25, 0.3) is 5.91 Å². The van der Waals surface area contributed by atoms with Crippen LogP contribution in [0, 0.1) is 6.92 Å². The van der Waals surface area contributed by atoms with E-state index in [0.717, 1.165) is 30.2 Å². The van der Waals surface area contributed by atoms with E-state index < -0.39 is 11.9 Å². The molecule has 24 heavy (non-hydrogen) atoms. The maximum atomic E-state index is 12.8. The Hall–Kier alpha value is -1.38. The molecule has 4 nitrogen and oxygen atoms in total. The Morgan fingerprint density at radius 1 is 1.33 bits per heavy atom. The first kappa shape index (κ1) is 19.0. The summed E-state index contributed by atoms with van der Waals surface area (Å²) in [6, 6.07) is 2.45. The average molecular weight is 380 g/mol. The summed E-state index contributed by atoms with van der Waals surface area (Å²) in [5, 5.41) is 0.597. The first-order valence-corrected chi connectivity index (χ1v) is 8.11. The van der Waals surface area contributed by atoms with E-state index in [0.29, 0.717) is 28.9 Å². The van der Waals surface area contributed by atoms with Crippen LogP contribution in [-0.2, 0) is 6.18 Å². The van der Waals surface area contributed by atoms with E-state index in [1.807, 2.05) is 0 Å². The molecule has 0 radical (unpaired) electrons. The van der Waals surface area contributed by atoms with Crippen molar-refractivity contribution in [1.82, 2.24) is 9.88 Å². The van der Waals surface area contributed by atoms with Crippen LogP contribution in [0.2, 0.25) is 0 Å². The summed E-state index contributed by atoms with van der Waals surface area (Å²) in [5.41, 5.74) is 5.58. The molecule has 132 valence electrons. The van der Waals surface area contributed by atoms with E-state index >= 15 is 0 Å². The zero-order chi connectivity index (χ0) is 16.8. The predicted molar refractivity (Wildman–Crippen MR) is 89.7 cm³/mol. The molecule has 0 unspecified atom stereocenters. The third kappa shape index (κ3) is 3.50. The number of hydrogen-bond acceptors (Lipinski definition) is 4. The summed E-state index contributed by atoms with van der Waals surface area (Å²) in [7, 11) is 0. The van der Waals surface area contributed by atoms with Gasteiger partial charge in [0, 0.05) is 24.5 Å². The van der Waals surface area contributed by atoms with E-state index in [1.165, 1.54) is 6.07 Å². The van der Waals surface area contributed by atoms with Gasteiger partial charge in [0.15, 0.2) is 0 Å². The van der Waals surface area contributed by atoms with Crippen molar-refractivity contribution in [2.45, 2.75) is 32.0 Å². The number of pyridine rings is 1. The molecule has 0 bridgehead atoms. The van der Waals surface area contributed by atoms with Crippen molar-refractivity contribution in [3.8, 4) is 0 Å². The lowest BCUT2D eigenvalue weighted by Crippen LogP contribution is -2.42. The fourth-order valence-corrected chi connectivity index (χ4v) is 3.86. The summed E-state index contributed by atoms with van der Waals surface area (Å²) in [6.45, 7) is 2.90. The van der Waals surface area contributed by atoms with Crippen molar-refractivity contribution < 1.29 is 18.0 Å². The number of halogens is 4. The third-order valence-corrected chi connectivity index (χ3v) is 5.30. The van der Waals surface area contributed by atoms with Gasteiger partial charge in [0.05, 0.1) is 4.88 Å². The van der Waals surface area contributed by atoms with Gasteiger partial charge in [0.2, 0.25) is 0 Å². The van der Waals surface area contributed by atoms with Gasteiger partial charge in [0.1, 0.15) is 10.5 Å². The molecule has 0 spiro atoms. The second-order valence-electron chi connectivity index (χ2n) is 5.73. The van der Waals surface area contributed by atoms with Gasteiger partial charge in [-0.3, -0.25) is 4.79 Å². The summed E-state index contributed by atoms with van der Waals surface area (Å²) in [6.07, 6.45) is -3.00. The minimum atomic E-state index is -4.49.